The van der Waals surface area contributed by atoms with Gasteiger partial charge in [0.2, 0.25) is 11.8 Å². The Bertz CT molecular complexity index is 399. The van der Waals surface area contributed by atoms with Crippen molar-refractivity contribution >= 4 is 11.8 Å². The summed E-state index contributed by atoms with van der Waals surface area (Å²) >= 11 is 0. The minimum atomic E-state index is -0.0244. The van der Waals surface area contributed by atoms with Crippen LogP contribution in [0.2, 0.25) is 0 Å². The first kappa shape index (κ1) is 13.1. The standard InChI is InChI=1S/C14H22N2O2/c1-8(2)12-14(18-5)15-11(13(16-12)17-4)7-10-6-9(10)3/h8,10-12H,3,6-7H2,1-2,4-5H3/t10-,11+,12-/m1/s1. The van der Waals surface area contributed by atoms with Crippen LogP contribution in [-0.2, 0) is 9.47 Å². The van der Waals surface area contributed by atoms with Gasteiger partial charge in [0.15, 0.2) is 0 Å². The van der Waals surface area contributed by atoms with Crippen molar-refractivity contribution in [1.29, 1.82) is 0 Å². The lowest BCUT2D eigenvalue weighted by molar-refractivity contribution is 0.329. The number of ether oxygens (including phenoxy) is 2. The Hall–Kier alpha value is -1.32. The van der Waals surface area contributed by atoms with Crippen LogP contribution < -0.4 is 0 Å². The Kier molecular flexibility index (Phi) is 3.73. The molecule has 100 valence electrons. The number of methoxy groups -OCH3 is 2. The summed E-state index contributed by atoms with van der Waals surface area (Å²) in [6.45, 7) is 8.21. The van der Waals surface area contributed by atoms with Crippen LogP contribution >= 0.6 is 0 Å². The monoisotopic (exact) mass is 250 g/mol. The molecular weight excluding hydrogens is 228 g/mol. The zero-order valence-electron chi connectivity index (χ0n) is 11.6. The quantitative estimate of drug-likeness (QED) is 0.722. The molecule has 4 nitrogen and oxygen atoms in total. The molecule has 0 amide bonds. The van der Waals surface area contributed by atoms with Crippen molar-refractivity contribution < 1.29 is 9.47 Å². The summed E-state index contributed by atoms with van der Waals surface area (Å²) in [6, 6.07) is -0.0344. The van der Waals surface area contributed by atoms with E-state index in [1.54, 1.807) is 14.2 Å². The Morgan fingerprint density at radius 2 is 1.83 bits per heavy atom. The van der Waals surface area contributed by atoms with Crippen LogP contribution in [0, 0.1) is 11.8 Å². The van der Waals surface area contributed by atoms with Gasteiger partial charge < -0.3 is 9.47 Å². The molecule has 0 spiro atoms. The Balaban J connectivity index is 2.16. The number of hydrogen-bond donors (Lipinski definition) is 0. The fourth-order valence-corrected chi connectivity index (χ4v) is 2.29. The molecule has 0 aromatic heterocycles. The molecule has 1 heterocycles. The van der Waals surface area contributed by atoms with Crippen LogP contribution in [0.4, 0.5) is 0 Å². The normalized spacial score (nSPS) is 30.9. The smallest absolute Gasteiger partial charge is 0.209 e. The van der Waals surface area contributed by atoms with E-state index >= 15 is 0 Å². The molecule has 0 N–H and O–H groups in total. The maximum atomic E-state index is 5.40. The van der Waals surface area contributed by atoms with E-state index in [2.05, 4.69) is 30.4 Å². The molecule has 2 rings (SSSR count). The summed E-state index contributed by atoms with van der Waals surface area (Å²) in [5.74, 6) is 2.38. The van der Waals surface area contributed by atoms with Crippen LogP contribution in [0.1, 0.15) is 26.7 Å². The fraction of sp³-hybridized carbons (Fsp3) is 0.714. The van der Waals surface area contributed by atoms with Gasteiger partial charge in [-0.05, 0) is 24.7 Å². The molecule has 1 fully saturated rings. The van der Waals surface area contributed by atoms with Crippen LogP contribution in [0.25, 0.3) is 0 Å². The molecule has 0 bridgehead atoms. The molecule has 0 aromatic carbocycles. The van der Waals surface area contributed by atoms with E-state index in [4.69, 9.17) is 9.47 Å². The van der Waals surface area contributed by atoms with Gasteiger partial charge in [-0.15, -0.1) is 0 Å². The summed E-state index contributed by atoms with van der Waals surface area (Å²) in [7, 11) is 3.33. The average molecular weight is 250 g/mol. The lowest BCUT2D eigenvalue weighted by Crippen LogP contribution is -2.37. The van der Waals surface area contributed by atoms with Crippen molar-refractivity contribution in [1.82, 2.24) is 0 Å². The van der Waals surface area contributed by atoms with Crippen molar-refractivity contribution in [3.63, 3.8) is 0 Å². The summed E-state index contributed by atoms with van der Waals surface area (Å²) < 4.78 is 10.8. The SMILES string of the molecule is C=C1C[C@@H]1C[C@@H]1N=C(OC)[C@@H](C(C)C)N=C1OC. The topological polar surface area (TPSA) is 43.2 Å². The van der Waals surface area contributed by atoms with E-state index < -0.39 is 0 Å². The van der Waals surface area contributed by atoms with Gasteiger partial charge in [0, 0.05) is 0 Å². The second kappa shape index (κ2) is 5.12. The highest BCUT2D eigenvalue weighted by molar-refractivity contribution is 5.94. The molecule has 0 aromatic rings. The second-order valence-electron chi connectivity index (χ2n) is 5.34. The van der Waals surface area contributed by atoms with Crippen LogP contribution in [-0.4, -0.2) is 38.1 Å². The lowest BCUT2D eigenvalue weighted by Gasteiger charge is -2.26. The van der Waals surface area contributed by atoms with Gasteiger partial charge in [-0.2, -0.15) is 0 Å². The first-order valence-corrected chi connectivity index (χ1v) is 6.47. The Labute approximate surface area is 109 Å². The number of aliphatic imine (C=N–C) groups is 2. The van der Waals surface area contributed by atoms with E-state index in [9.17, 15) is 0 Å². The van der Waals surface area contributed by atoms with Gasteiger partial charge in [0.05, 0.1) is 14.2 Å². The van der Waals surface area contributed by atoms with Gasteiger partial charge in [0.1, 0.15) is 12.1 Å². The number of nitrogens with zero attached hydrogens (tertiary/aromatic N) is 2. The van der Waals surface area contributed by atoms with E-state index in [-0.39, 0.29) is 12.1 Å². The first-order chi connectivity index (χ1) is 8.56. The molecule has 1 aliphatic carbocycles. The highest BCUT2D eigenvalue weighted by atomic mass is 16.5. The lowest BCUT2D eigenvalue weighted by atomic mass is 10.0. The highest BCUT2D eigenvalue weighted by Gasteiger charge is 2.36. The van der Waals surface area contributed by atoms with E-state index in [1.807, 2.05) is 0 Å². The average Bonchev–Trinajstić information content (AvgIpc) is 3.04. The largest absolute Gasteiger partial charge is 0.483 e. The predicted molar refractivity (Wildman–Crippen MR) is 73.2 cm³/mol. The molecule has 4 heteroatoms. The zero-order chi connectivity index (χ0) is 13.3. The third-order valence-electron chi connectivity index (χ3n) is 3.57. The van der Waals surface area contributed by atoms with E-state index in [0.29, 0.717) is 11.8 Å². The minimum absolute atomic E-state index is 0.0100. The van der Waals surface area contributed by atoms with E-state index in [0.717, 1.165) is 24.6 Å². The zero-order valence-corrected chi connectivity index (χ0v) is 11.6. The van der Waals surface area contributed by atoms with Crippen molar-refractivity contribution in [3.8, 4) is 0 Å². The van der Waals surface area contributed by atoms with Gasteiger partial charge in [-0.1, -0.05) is 26.0 Å². The van der Waals surface area contributed by atoms with Crippen molar-refractivity contribution in [3.05, 3.63) is 12.2 Å². The molecule has 1 aliphatic heterocycles. The van der Waals surface area contributed by atoms with Gasteiger partial charge in [-0.3, -0.25) is 0 Å². The first-order valence-electron chi connectivity index (χ1n) is 6.47. The maximum Gasteiger partial charge on any atom is 0.209 e. The molecule has 0 saturated heterocycles. The van der Waals surface area contributed by atoms with Gasteiger partial charge in [0.25, 0.3) is 0 Å². The Morgan fingerprint density at radius 1 is 1.22 bits per heavy atom. The third kappa shape index (κ3) is 2.57. The molecule has 1 saturated carbocycles. The van der Waals surface area contributed by atoms with Gasteiger partial charge in [-0.25, -0.2) is 9.98 Å². The van der Waals surface area contributed by atoms with Gasteiger partial charge >= 0.3 is 0 Å². The van der Waals surface area contributed by atoms with E-state index in [1.165, 1.54) is 5.57 Å². The highest BCUT2D eigenvalue weighted by Crippen LogP contribution is 2.40. The summed E-state index contributed by atoms with van der Waals surface area (Å²) in [6.07, 6.45) is 2.04. The number of allylic oxidation sites excluding steroid dienone is 1. The molecule has 18 heavy (non-hydrogen) atoms. The molecular formula is C14H22N2O2. The van der Waals surface area contributed by atoms with Crippen LogP contribution in [0.15, 0.2) is 22.1 Å². The molecule has 0 radical (unpaired) electrons. The number of hydrogen-bond acceptors (Lipinski definition) is 4. The minimum Gasteiger partial charge on any atom is -0.483 e. The van der Waals surface area contributed by atoms with Crippen LogP contribution in [0.3, 0.4) is 0 Å². The predicted octanol–water partition coefficient (Wildman–Crippen LogP) is 2.45. The van der Waals surface area contributed by atoms with Crippen molar-refractivity contribution in [2.24, 2.45) is 21.8 Å². The summed E-state index contributed by atoms with van der Waals surface area (Å²) in [4.78, 5) is 9.32. The maximum absolute atomic E-state index is 5.40. The van der Waals surface area contributed by atoms with Crippen LogP contribution in [0.5, 0.6) is 0 Å². The Morgan fingerprint density at radius 3 is 2.28 bits per heavy atom. The second-order valence-corrected chi connectivity index (χ2v) is 5.34. The summed E-state index contributed by atoms with van der Waals surface area (Å²) in [5, 5.41) is 0. The molecule has 2 aliphatic rings. The van der Waals surface area contributed by atoms with Crippen molar-refractivity contribution in [2.75, 3.05) is 14.2 Å². The summed E-state index contributed by atoms with van der Waals surface area (Å²) in [5.41, 5.74) is 1.31. The molecule has 3 atom stereocenters. The number of rotatable bonds is 3. The fourth-order valence-electron chi connectivity index (χ4n) is 2.29. The van der Waals surface area contributed by atoms with Crippen molar-refractivity contribution in [2.45, 2.75) is 38.8 Å². The molecule has 0 unspecified atom stereocenters. The third-order valence-corrected chi connectivity index (χ3v) is 3.57.